The van der Waals surface area contributed by atoms with Gasteiger partial charge in [0, 0.05) is 36.3 Å². The molecule has 0 heterocycles. The van der Waals surface area contributed by atoms with Crippen LogP contribution in [0.5, 0.6) is 0 Å². The van der Waals surface area contributed by atoms with E-state index < -0.39 is 48.5 Å². The lowest BCUT2D eigenvalue weighted by Crippen LogP contribution is -2.50. The first-order valence-corrected chi connectivity index (χ1v) is 20.9. The van der Waals surface area contributed by atoms with Crippen molar-refractivity contribution >= 4 is 24.1 Å². The van der Waals surface area contributed by atoms with Gasteiger partial charge in [0.15, 0.2) is 0 Å². The zero-order valence-electron chi connectivity index (χ0n) is 35.8. The Labute approximate surface area is 339 Å². The summed E-state index contributed by atoms with van der Waals surface area (Å²) in [6.07, 6.45) is 5.28. The fourth-order valence-electron chi connectivity index (χ4n) is 10.6. The van der Waals surface area contributed by atoms with Gasteiger partial charge in [-0.05, 0) is 131 Å². The summed E-state index contributed by atoms with van der Waals surface area (Å²) in [5.41, 5.74) is 5.78. The molecule has 4 aliphatic carbocycles. The van der Waals surface area contributed by atoms with E-state index in [0.29, 0.717) is 62.8 Å². The number of ether oxygens (including phenoxy) is 2. The number of hydrogen-bond acceptors (Lipinski definition) is 12. The predicted octanol–water partition coefficient (Wildman–Crippen LogP) is 6.31. The maximum Gasteiger partial charge on any atom is 0.407 e. The zero-order valence-corrected chi connectivity index (χ0v) is 35.8. The third-order valence-corrected chi connectivity index (χ3v) is 12.5. The van der Waals surface area contributed by atoms with E-state index in [1.54, 1.807) is 13.8 Å². The fraction of sp³-hybridized carbons (Fsp3) is 0.814. The van der Waals surface area contributed by atoms with Gasteiger partial charge in [0.2, 0.25) is 0 Å². The van der Waals surface area contributed by atoms with Gasteiger partial charge in [0.1, 0.15) is 12.2 Å². The maximum atomic E-state index is 13.1. The van der Waals surface area contributed by atoms with Crippen molar-refractivity contribution in [2.24, 2.45) is 33.5 Å². The molecule has 0 bridgehead atoms. The van der Waals surface area contributed by atoms with Crippen LogP contribution in [0.1, 0.15) is 139 Å². The number of aliphatic hydroxyl groups is 2. The largest absolute Gasteiger partial charge is 0.443 e. The van der Waals surface area contributed by atoms with Gasteiger partial charge in [-0.25, -0.2) is 19.2 Å². The molecule has 4 fully saturated rings. The highest BCUT2D eigenvalue weighted by atomic mass is 16.7. The predicted molar refractivity (Wildman–Crippen MR) is 215 cm³/mol. The molecule has 0 aromatic rings. The molecular formula is C43H72N4O10. The topological polar surface area (TPSA) is 194 Å². The summed E-state index contributed by atoms with van der Waals surface area (Å²) in [5, 5.41) is 27.5. The average Bonchev–Trinajstić information content (AvgIpc) is 3.09. The van der Waals surface area contributed by atoms with Crippen LogP contribution in [0, 0.1) is 33.5 Å². The minimum atomic E-state index is -0.755. The van der Waals surface area contributed by atoms with Crippen LogP contribution in [0.25, 0.3) is 0 Å². The van der Waals surface area contributed by atoms with Gasteiger partial charge in [-0.3, -0.25) is 0 Å². The Hall–Kier alpha value is -3.20. The van der Waals surface area contributed by atoms with Crippen molar-refractivity contribution in [3.8, 4) is 0 Å². The Morgan fingerprint density at radius 3 is 1.33 bits per heavy atom. The molecule has 0 spiro atoms. The van der Waals surface area contributed by atoms with Gasteiger partial charge in [-0.2, -0.15) is 0 Å². The van der Waals surface area contributed by atoms with Gasteiger partial charge < -0.3 is 40.0 Å². The summed E-state index contributed by atoms with van der Waals surface area (Å²) in [5.74, 6) is -0.583. The number of rotatable bonds is 14. The Kier molecular flexibility index (Phi) is 15.7. The molecule has 0 aliphatic heterocycles. The Balaban J connectivity index is 1.23. The van der Waals surface area contributed by atoms with Crippen molar-refractivity contribution in [3.63, 3.8) is 0 Å². The van der Waals surface area contributed by atoms with Gasteiger partial charge in [-0.15, -0.1) is 11.0 Å². The first-order chi connectivity index (χ1) is 26.4. The molecule has 10 atom stereocenters. The molecule has 0 aromatic heterocycles. The van der Waals surface area contributed by atoms with Crippen LogP contribution >= 0.6 is 0 Å². The number of hydrogen-bond donors (Lipinski definition) is 6. The molecule has 2 amide bonds. The summed E-state index contributed by atoms with van der Waals surface area (Å²) in [6.45, 7) is 24.0. The molecule has 6 N–H and O–H groups in total. The Morgan fingerprint density at radius 1 is 0.614 bits per heavy atom. The van der Waals surface area contributed by atoms with Gasteiger partial charge >= 0.3 is 24.1 Å². The van der Waals surface area contributed by atoms with E-state index in [9.17, 15) is 29.4 Å². The van der Waals surface area contributed by atoms with Crippen LogP contribution in [-0.4, -0.2) is 83.9 Å². The monoisotopic (exact) mass is 805 g/mol. The zero-order chi connectivity index (χ0) is 42.3. The highest BCUT2D eigenvalue weighted by molar-refractivity contribution is 5.87. The number of carbonyl (C=O) groups is 4. The molecule has 57 heavy (non-hydrogen) atoms. The number of amides is 2. The SMILES string of the molecule is C=C(C)C(=O)ONC1CC(C)(C)CC(C)(CNC(=O)OC2CC(CC3CCC(O)C(OC(=O)NCC4(C)CC(NOC(=O)C(=C)C)CC(C)(C)C4)C3)CCC2O)C1. The van der Waals surface area contributed by atoms with Crippen molar-refractivity contribution < 1.29 is 48.5 Å². The second kappa shape index (κ2) is 19.2. The summed E-state index contributed by atoms with van der Waals surface area (Å²) in [6, 6.07) is -0.172. The van der Waals surface area contributed by atoms with Gasteiger partial charge in [0.25, 0.3) is 0 Å². The van der Waals surface area contributed by atoms with E-state index in [-0.39, 0.29) is 45.6 Å². The lowest BCUT2D eigenvalue weighted by molar-refractivity contribution is -0.151. The minimum Gasteiger partial charge on any atom is -0.443 e. The number of hydroxylamine groups is 2. The highest BCUT2D eigenvalue weighted by Gasteiger charge is 2.44. The van der Waals surface area contributed by atoms with Crippen molar-refractivity contribution in [2.75, 3.05) is 13.1 Å². The van der Waals surface area contributed by atoms with Crippen LogP contribution in [0.4, 0.5) is 9.59 Å². The van der Waals surface area contributed by atoms with E-state index in [0.717, 1.165) is 44.9 Å². The molecule has 4 rings (SSSR count). The third kappa shape index (κ3) is 14.5. The van der Waals surface area contributed by atoms with Crippen molar-refractivity contribution in [3.05, 3.63) is 24.3 Å². The van der Waals surface area contributed by atoms with Gasteiger partial charge in [-0.1, -0.05) is 54.7 Å². The Bertz CT molecular complexity index is 1360. The molecule has 324 valence electrons. The first-order valence-electron chi connectivity index (χ1n) is 20.9. The van der Waals surface area contributed by atoms with Gasteiger partial charge in [0.05, 0.1) is 12.2 Å². The average molecular weight is 805 g/mol. The van der Waals surface area contributed by atoms with Crippen LogP contribution in [-0.2, 0) is 28.7 Å². The molecule has 4 saturated carbocycles. The second-order valence-corrected chi connectivity index (χ2v) is 20.4. The smallest absolute Gasteiger partial charge is 0.407 e. The molecule has 14 nitrogen and oxygen atoms in total. The molecule has 10 unspecified atom stereocenters. The number of alkyl carbamates (subject to hydrolysis) is 2. The molecular weight excluding hydrogens is 732 g/mol. The quantitative estimate of drug-likeness (QED) is 0.0653. The van der Waals surface area contributed by atoms with Crippen LogP contribution in [0.3, 0.4) is 0 Å². The summed E-state index contributed by atoms with van der Waals surface area (Å²) in [7, 11) is 0. The highest BCUT2D eigenvalue weighted by Crippen LogP contribution is 2.47. The third-order valence-electron chi connectivity index (χ3n) is 12.5. The lowest BCUT2D eigenvalue weighted by atomic mass is 9.62. The summed E-state index contributed by atoms with van der Waals surface area (Å²) in [4.78, 5) is 60.6. The van der Waals surface area contributed by atoms with Crippen LogP contribution < -0.4 is 21.6 Å². The maximum absolute atomic E-state index is 13.1. The van der Waals surface area contributed by atoms with Crippen LogP contribution in [0.15, 0.2) is 24.3 Å². The van der Waals surface area contributed by atoms with Crippen molar-refractivity contribution in [2.45, 2.75) is 175 Å². The van der Waals surface area contributed by atoms with E-state index in [4.69, 9.17) is 19.1 Å². The van der Waals surface area contributed by atoms with E-state index in [1.807, 2.05) is 0 Å². The molecule has 0 radical (unpaired) electrons. The van der Waals surface area contributed by atoms with E-state index >= 15 is 0 Å². The van der Waals surface area contributed by atoms with Crippen molar-refractivity contribution in [1.29, 1.82) is 0 Å². The lowest BCUT2D eigenvalue weighted by Gasteiger charge is -2.46. The number of aliphatic hydroxyl groups excluding tert-OH is 2. The second-order valence-electron chi connectivity index (χ2n) is 20.4. The fourth-order valence-corrected chi connectivity index (χ4v) is 10.6. The molecule has 0 saturated heterocycles. The summed E-state index contributed by atoms with van der Waals surface area (Å²) >= 11 is 0. The standard InChI is InChI=1S/C43H72N4O10/c1-26(2)36(50)56-46-30-18-40(5,6)22-42(9,20-30)24-44-38(52)54-34-16-28(11-13-32(34)48)15-29-12-14-33(49)35(17-29)55-39(53)45-25-43(10)21-31(19-41(7,8)23-43)47-57-37(51)27(3)4/h28-35,46-49H,1,3,11-25H2,2,4-10H3,(H,44,52)(H,45,53). The normalized spacial score (nSPS) is 34.8. The summed E-state index contributed by atoms with van der Waals surface area (Å²) < 4.78 is 11.7. The minimum absolute atomic E-state index is 0.0561. The molecule has 0 aromatic carbocycles. The van der Waals surface area contributed by atoms with E-state index in [2.05, 4.69) is 76.3 Å². The Morgan fingerprint density at radius 2 is 0.982 bits per heavy atom. The number of carbonyl (C=O) groups excluding carboxylic acids is 4. The van der Waals surface area contributed by atoms with Crippen molar-refractivity contribution in [1.82, 2.24) is 21.6 Å². The first kappa shape index (κ1) is 46.5. The molecule has 14 heteroatoms. The van der Waals surface area contributed by atoms with Crippen LogP contribution in [0.2, 0.25) is 0 Å². The number of nitrogens with one attached hydrogen (secondary N) is 4. The van der Waals surface area contributed by atoms with E-state index in [1.165, 1.54) is 0 Å². The molecule has 4 aliphatic rings.